The van der Waals surface area contributed by atoms with E-state index in [0.717, 1.165) is 44.3 Å². The van der Waals surface area contributed by atoms with Gasteiger partial charge in [-0.1, -0.05) is 164 Å². The van der Waals surface area contributed by atoms with Gasteiger partial charge in [-0.25, -0.2) is 9.98 Å². The molecule has 1 aromatic heterocycles. The van der Waals surface area contributed by atoms with E-state index in [1.165, 1.54) is 55.3 Å². The zero-order valence-corrected chi connectivity index (χ0v) is 30.3. The second kappa shape index (κ2) is 12.0. The van der Waals surface area contributed by atoms with Crippen molar-refractivity contribution in [3.63, 3.8) is 0 Å². The van der Waals surface area contributed by atoms with Crippen LogP contribution < -0.4 is 0 Å². The molecule has 55 heavy (non-hydrogen) atoms. The zero-order chi connectivity index (χ0) is 36.7. The van der Waals surface area contributed by atoms with E-state index in [-0.39, 0.29) is 0 Å². The Balaban J connectivity index is 1.14. The summed E-state index contributed by atoms with van der Waals surface area (Å²) in [5.41, 5.74) is 16.0. The molecule has 11 rings (SSSR count). The highest BCUT2D eigenvalue weighted by atomic mass is 16.3. The molecule has 0 bridgehead atoms. The third-order valence-electron chi connectivity index (χ3n) is 11.7. The fourth-order valence-electron chi connectivity index (χ4n) is 9.33. The van der Waals surface area contributed by atoms with Gasteiger partial charge in [0.1, 0.15) is 11.2 Å². The molecular weight excluding hydrogens is 669 g/mol. The summed E-state index contributed by atoms with van der Waals surface area (Å²) in [7, 11) is 0. The first-order valence-corrected chi connectivity index (χ1v) is 18.8. The van der Waals surface area contributed by atoms with Gasteiger partial charge >= 0.3 is 0 Å². The van der Waals surface area contributed by atoms with Gasteiger partial charge in [-0.15, -0.1) is 0 Å². The molecule has 0 amide bonds. The number of hydrogen-bond acceptors (Lipinski definition) is 2. The van der Waals surface area contributed by atoms with Crippen LogP contribution in [0.4, 0.5) is 0 Å². The monoisotopic (exact) mass is 702 g/mol. The fraction of sp³-hybridized carbons (Fsp3) is 0.0385. The molecule has 2 aliphatic carbocycles. The first-order chi connectivity index (χ1) is 27.1. The molecule has 0 saturated carbocycles. The molecule has 0 N–H and O–H groups in total. The first kappa shape index (κ1) is 31.4. The molecule has 0 fully saturated rings. The van der Waals surface area contributed by atoms with E-state index in [2.05, 4.69) is 141 Å². The van der Waals surface area contributed by atoms with Crippen molar-refractivity contribution in [2.75, 3.05) is 0 Å². The summed E-state index contributed by atoms with van der Waals surface area (Å²) >= 11 is 0. The number of fused-ring (bicyclic) bond motifs is 12. The molecule has 0 atom stereocenters. The molecule has 1 heterocycles. The molecule has 9 aromatic rings. The number of aliphatic imine (C=N–C) groups is 2. The molecule has 8 aromatic carbocycles. The van der Waals surface area contributed by atoms with Gasteiger partial charge in [-0.05, 0) is 86.0 Å². The molecule has 258 valence electrons. The van der Waals surface area contributed by atoms with Crippen molar-refractivity contribution in [1.82, 2.24) is 0 Å². The van der Waals surface area contributed by atoms with Gasteiger partial charge in [0.15, 0.2) is 5.84 Å². The maximum Gasteiger partial charge on any atom is 0.160 e. The highest BCUT2D eigenvalue weighted by Gasteiger charge is 2.49. The Kier molecular flexibility index (Phi) is 6.83. The molecule has 3 heteroatoms. The summed E-state index contributed by atoms with van der Waals surface area (Å²) in [4.78, 5) is 10.5. The van der Waals surface area contributed by atoms with Crippen molar-refractivity contribution in [2.45, 2.75) is 12.3 Å². The Morgan fingerprint density at radius 3 is 1.78 bits per heavy atom. The SMILES string of the molecule is C=C(N=C(N=C(C)c1ccc2c3c(cccc13)C1(c3ccccc3-c3ccccc31)c1ccccc1-2)c1ccc2c(c1)oc1ccccc12)c1ccccc1. The fourth-order valence-corrected chi connectivity index (χ4v) is 9.33. The van der Waals surface area contributed by atoms with Crippen molar-refractivity contribution in [3.8, 4) is 22.3 Å². The molecule has 0 radical (unpaired) electrons. The summed E-state index contributed by atoms with van der Waals surface area (Å²) < 4.78 is 6.32. The van der Waals surface area contributed by atoms with E-state index in [9.17, 15) is 0 Å². The Bertz CT molecular complexity index is 3080. The lowest BCUT2D eigenvalue weighted by atomic mass is 9.61. The van der Waals surface area contributed by atoms with Crippen LogP contribution in [0.1, 0.15) is 45.9 Å². The maximum absolute atomic E-state index is 6.32. The summed E-state index contributed by atoms with van der Waals surface area (Å²) in [5.74, 6) is 0.578. The first-order valence-electron chi connectivity index (χ1n) is 18.8. The van der Waals surface area contributed by atoms with Gasteiger partial charge in [0, 0.05) is 27.6 Å². The van der Waals surface area contributed by atoms with Crippen LogP contribution in [-0.4, -0.2) is 11.5 Å². The van der Waals surface area contributed by atoms with Gasteiger partial charge in [0.05, 0.1) is 11.1 Å². The van der Waals surface area contributed by atoms with Gasteiger partial charge in [0.2, 0.25) is 0 Å². The van der Waals surface area contributed by atoms with Crippen LogP contribution in [0.3, 0.4) is 0 Å². The Labute approximate surface area is 319 Å². The predicted molar refractivity (Wildman–Crippen MR) is 228 cm³/mol. The molecule has 1 spiro atoms. The van der Waals surface area contributed by atoms with Crippen LogP contribution in [-0.2, 0) is 5.41 Å². The second-order valence-electron chi connectivity index (χ2n) is 14.5. The summed E-state index contributed by atoms with van der Waals surface area (Å²) in [5, 5.41) is 4.58. The van der Waals surface area contributed by atoms with Crippen LogP contribution >= 0.6 is 0 Å². The van der Waals surface area contributed by atoms with E-state index in [4.69, 9.17) is 14.4 Å². The third-order valence-corrected chi connectivity index (χ3v) is 11.7. The van der Waals surface area contributed by atoms with Crippen LogP contribution in [0, 0.1) is 0 Å². The number of furan rings is 1. The van der Waals surface area contributed by atoms with Crippen molar-refractivity contribution < 1.29 is 4.42 Å². The van der Waals surface area contributed by atoms with Crippen molar-refractivity contribution in [1.29, 1.82) is 0 Å². The van der Waals surface area contributed by atoms with Gasteiger partial charge in [-0.2, -0.15) is 0 Å². The van der Waals surface area contributed by atoms with Crippen molar-refractivity contribution >= 4 is 50.0 Å². The second-order valence-corrected chi connectivity index (χ2v) is 14.5. The van der Waals surface area contributed by atoms with Crippen molar-refractivity contribution in [3.05, 3.63) is 221 Å². The number of amidine groups is 1. The van der Waals surface area contributed by atoms with E-state index in [1.54, 1.807) is 0 Å². The predicted octanol–water partition coefficient (Wildman–Crippen LogP) is 13.0. The molecule has 0 aliphatic heterocycles. The maximum atomic E-state index is 6.32. The highest BCUT2D eigenvalue weighted by Crippen LogP contribution is 2.61. The van der Waals surface area contributed by atoms with Crippen LogP contribution in [0.25, 0.3) is 60.7 Å². The summed E-state index contributed by atoms with van der Waals surface area (Å²) in [6.45, 7) is 6.47. The van der Waals surface area contributed by atoms with E-state index >= 15 is 0 Å². The minimum Gasteiger partial charge on any atom is -0.456 e. The van der Waals surface area contributed by atoms with E-state index in [1.807, 2.05) is 48.5 Å². The average Bonchev–Trinajstić information content (AvgIpc) is 3.76. The zero-order valence-electron chi connectivity index (χ0n) is 30.3. The Morgan fingerprint density at radius 2 is 1.05 bits per heavy atom. The Morgan fingerprint density at radius 1 is 0.473 bits per heavy atom. The van der Waals surface area contributed by atoms with Crippen molar-refractivity contribution in [2.24, 2.45) is 9.98 Å². The van der Waals surface area contributed by atoms with Crippen LogP contribution in [0.5, 0.6) is 0 Å². The number of para-hydroxylation sites is 1. The number of nitrogens with zero attached hydrogens (tertiary/aromatic N) is 2. The van der Waals surface area contributed by atoms with Gasteiger partial charge < -0.3 is 4.42 Å². The van der Waals surface area contributed by atoms with Crippen LogP contribution in [0.15, 0.2) is 197 Å². The molecule has 0 saturated heterocycles. The van der Waals surface area contributed by atoms with Gasteiger partial charge in [-0.3, -0.25) is 0 Å². The molecule has 0 unspecified atom stereocenters. The number of rotatable bonds is 4. The minimum atomic E-state index is -0.456. The highest BCUT2D eigenvalue weighted by molar-refractivity contribution is 6.20. The minimum absolute atomic E-state index is 0.456. The molecule has 3 nitrogen and oxygen atoms in total. The topological polar surface area (TPSA) is 37.9 Å². The normalized spacial score (nSPS) is 14.0. The largest absolute Gasteiger partial charge is 0.456 e. The average molecular weight is 703 g/mol. The summed E-state index contributed by atoms with van der Waals surface area (Å²) in [6.07, 6.45) is 0. The number of hydrogen-bond donors (Lipinski definition) is 0. The van der Waals surface area contributed by atoms with E-state index in [0.29, 0.717) is 11.5 Å². The lowest BCUT2D eigenvalue weighted by Gasteiger charge is -2.40. The lowest BCUT2D eigenvalue weighted by Crippen LogP contribution is -2.31. The third kappa shape index (κ3) is 4.50. The quantitative estimate of drug-likeness (QED) is 0.133. The lowest BCUT2D eigenvalue weighted by molar-refractivity contribution is 0.669. The summed E-state index contributed by atoms with van der Waals surface area (Å²) in [6, 6.07) is 62.7. The molecular formula is C52H34N2O. The molecule has 2 aliphatic rings. The van der Waals surface area contributed by atoms with E-state index < -0.39 is 5.41 Å². The smallest absolute Gasteiger partial charge is 0.160 e. The van der Waals surface area contributed by atoms with Crippen LogP contribution in [0.2, 0.25) is 0 Å². The van der Waals surface area contributed by atoms with Gasteiger partial charge in [0.25, 0.3) is 0 Å². The Hall–Kier alpha value is -7.10. The number of benzene rings is 8. The standard InChI is InChI=1S/C52H34N2O/c1-32(34-15-4-3-5-16-34)53-51(35-27-28-41-40-20-9-13-26-48(40)55-49(41)31-35)54-33(2)36-29-30-43-39-19-8-12-24-46(39)52(47-25-14-21-42(36)50(43)47)44-22-10-6-17-37(44)38-18-7-11-23-45(38)52/h3-31H,1H2,2H3.